The zero-order chi connectivity index (χ0) is 21.3. The molecule has 1 atom stereocenters. The Balaban J connectivity index is 1.50. The van der Waals surface area contributed by atoms with Crippen LogP contribution in [0.25, 0.3) is 0 Å². The molecule has 2 heterocycles. The fourth-order valence-corrected chi connectivity index (χ4v) is 5.10. The molecule has 1 aliphatic heterocycles. The quantitative estimate of drug-likeness (QED) is 0.669. The second kappa shape index (κ2) is 8.80. The monoisotopic (exact) mass is 426 g/mol. The van der Waals surface area contributed by atoms with E-state index in [-0.39, 0.29) is 24.4 Å². The molecule has 4 rings (SSSR count). The molecule has 0 spiro atoms. The van der Waals surface area contributed by atoms with Gasteiger partial charge in [-0.25, -0.2) is 0 Å². The average molecular weight is 427 g/mol. The fraction of sp³-hybridized carbons (Fsp3) is 0.500. The first kappa shape index (κ1) is 20.9. The van der Waals surface area contributed by atoms with Gasteiger partial charge in [-0.05, 0) is 67.7 Å². The highest BCUT2D eigenvalue weighted by molar-refractivity contribution is 7.10. The number of amides is 2. The molecule has 0 saturated heterocycles. The minimum absolute atomic E-state index is 0.0110. The van der Waals surface area contributed by atoms with Crippen LogP contribution in [0.1, 0.15) is 47.4 Å². The Morgan fingerprint density at radius 3 is 2.73 bits per heavy atom. The highest BCUT2D eigenvalue weighted by atomic mass is 32.1. The summed E-state index contributed by atoms with van der Waals surface area (Å²) in [5.41, 5.74) is 3.48. The minimum atomic E-state index is -0.122. The predicted molar refractivity (Wildman–Crippen MR) is 119 cm³/mol. The van der Waals surface area contributed by atoms with Gasteiger partial charge < -0.3 is 14.5 Å². The van der Waals surface area contributed by atoms with Gasteiger partial charge >= 0.3 is 0 Å². The Bertz CT molecular complexity index is 934. The lowest BCUT2D eigenvalue weighted by atomic mass is 10.00. The van der Waals surface area contributed by atoms with E-state index in [0.717, 1.165) is 30.6 Å². The summed E-state index contributed by atoms with van der Waals surface area (Å²) in [4.78, 5) is 30.3. The van der Waals surface area contributed by atoms with Crippen molar-refractivity contribution in [2.75, 3.05) is 26.2 Å². The van der Waals surface area contributed by atoms with Crippen LogP contribution >= 0.6 is 11.3 Å². The van der Waals surface area contributed by atoms with Gasteiger partial charge in [-0.1, -0.05) is 17.7 Å². The van der Waals surface area contributed by atoms with Crippen LogP contribution in [-0.4, -0.2) is 47.9 Å². The number of thiophene rings is 1. The first-order valence-corrected chi connectivity index (χ1v) is 11.6. The Labute approximate surface area is 182 Å². The van der Waals surface area contributed by atoms with E-state index in [1.165, 1.54) is 16.0 Å². The maximum atomic E-state index is 13.3. The van der Waals surface area contributed by atoms with Crippen LogP contribution in [0.3, 0.4) is 0 Å². The molecule has 30 heavy (non-hydrogen) atoms. The molecule has 160 valence electrons. The summed E-state index contributed by atoms with van der Waals surface area (Å²) >= 11 is 1.75. The van der Waals surface area contributed by atoms with Crippen molar-refractivity contribution < 1.29 is 14.3 Å². The van der Waals surface area contributed by atoms with Crippen molar-refractivity contribution in [3.05, 3.63) is 51.2 Å². The van der Waals surface area contributed by atoms with E-state index in [0.29, 0.717) is 25.6 Å². The van der Waals surface area contributed by atoms with Crippen LogP contribution in [0, 0.1) is 19.8 Å². The molecule has 0 radical (unpaired) electrons. The Morgan fingerprint density at radius 1 is 1.23 bits per heavy atom. The van der Waals surface area contributed by atoms with E-state index in [2.05, 4.69) is 24.4 Å². The van der Waals surface area contributed by atoms with Gasteiger partial charge in [0.1, 0.15) is 12.4 Å². The Hall–Kier alpha value is -2.34. The lowest BCUT2D eigenvalue weighted by molar-refractivity contribution is -0.142. The number of carbonyl (C=O) groups is 2. The van der Waals surface area contributed by atoms with Crippen molar-refractivity contribution in [1.29, 1.82) is 0 Å². The third-order valence-corrected chi connectivity index (χ3v) is 7.09. The predicted octanol–water partition coefficient (Wildman–Crippen LogP) is 4.13. The maximum absolute atomic E-state index is 13.3. The van der Waals surface area contributed by atoms with Gasteiger partial charge in [0.25, 0.3) is 0 Å². The smallest absolute Gasteiger partial charge is 0.242 e. The van der Waals surface area contributed by atoms with E-state index in [9.17, 15) is 9.59 Å². The first-order valence-electron chi connectivity index (χ1n) is 10.7. The van der Waals surface area contributed by atoms with Crippen LogP contribution in [0.2, 0.25) is 0 Å². The summed E-state index contributed by atoms with van der Waals surface area (Å²) in [5, 5.41) is 2.09. The van der Waals surface area contributed by atoms with E-state index in [4.69, 9.17) is 4.74 Å². The van der Waals surface area contributed by atoms with Crippen molar-refractivity contribution in [3.8, 4) is 5.75 Å². The molecule has 1 saturated carbocycles. The molecule has 2 aliphatic rings. The molecule has 1 fully saturated rings. The molecule has 1 aliphatic carbocycles. The van der Waals surface area contributed by atoms with Crippen LogP contribution < -0.4 is 4.74 Å². The molecule has 0 bridgehead atoms. The number of ether oxygens (including phenoxy) is 1. The molecule has 2 amide bonds. The number of aryl methyl sites for hydroxylation is 2. The van der Waals surface area contributed by atoms with Crippen LogP contribution in [0.5, 0.6) is 5.75 Å². The number of nitrogens with zero attached hydrogens (tertiary/aromatic N) is 2. The highest BCUT2D eigenvalue weighted by Crippen LogP contribution is 2.35. The summed E-state index contributed by atoms with van der Waals surface area (Å²) in [6.45, 7) is 7.62. The van der Waals surface area contributed by atoms with Gasteiger partial charge in [-0.3, -0.25) is 9.59 Å². The van der Waals surface area contributed by atoms with Crippen molar-refractivity contribution in [3.63, 3.8) is 0 Å². The van der Waals surface area contributed by atoms with Crippen molar-refractivity contribution in [2.24, 2.45) is 5.92 Å². The lowest BCUT2D eigenvalue weighted by Crippen LogP contribution is -2.47. The first-order chi connectivity index (χ1) is 14.4. The molecule has 2 aromatic rings. The second-order valence-corrected chi connectivity index (χ2v) is 9.58. The molecular weight excluding hydrogens is 396 g/mol. The molecule has 0 unspecified atom stereocenters. The zero-order valence-electron chi connectivity index (χ0n) is 18.0. The Morgan fingerprint density at radius 2 is 2.03 bits per heavy atom. The molecule has 5 nitrogen and oxygen atoms in total. The third-order valence-electron chi connectivity index (χ3n) is 6.09. The maximum Gasteiger partial charge on any atom is 0.242 e. The van der Waals surface area contributed by atoms with E-state index in [1.807, 2.05) is 24.0 Å². The van der Waals surface area contributed by atoms with Crippen LogP contribution in [0.4, 0.5) is 0 Å². The minimum Gasteiger partial charge on any atom is -0.491 e. The largest absolute Gasteiger partial charge is 0.491 e. The molecular formula is C24H30N2O3S. The van der Waals surface area contributed by atoms with Gasteiger partial charge in [0.2, 0.25) is 11.8 Å². The number of benzene rings is 1. The normalized spacial score (nSPS) is 18.1. The standard InChI is InChI=1S/C24H30N2O3S/c1-16-4-7-22(17(2)12-16)29-15-21-20-9-11-30-23(20)8-10-26(21)24(28)14-25(18(3)27)13-19-5-6-19/h4,7,9,11-12,19,21H,5-6,8,10,13-15H2,1-3H3/t21-/m1/s1. The fourth-order valence-electron chi connectivity index (χ4n) is 4.18. The average Bonchev–Trinajstić information content (AvgIpc) is 3.39. The number of fused-ring (bicyclic) bond motifs is 1. The SMILES string of the molecule is CC(=O)N(CC(=O)N1CCc2sccc2[C@H]1COc1ccc(C)cc1C)CC1CC1. The van der Waals surface area contributed by atoms with Gasteiger partial charge in [0.15, 0.2) is 0 Å². The molecule has 6 heteroatoms. The second-order valence-electron chi connectivity index (χ2n) is 8.57. The van der Waals surface area contributed by atoms with Gasteiger partial charge in [0.05, 0.1) is 12.6 Å². The number of carbonyl (C=O) groups excluding carboxylic acids is 2. The summed E-state index contributed by atoms with van der Waals surface area (Å²) < 4.78 is 6.20. The van der Waals surface area contributed by atoms with Crippen molar-refractivity contribution in [1.82, 2.24) is 9.80 Å². The molecule has 1 aromatic heterocycles. The topological polar surface area (TPSA) is 49.9 Å². The zero-order valence-corrected chi connectivity index (χ0v) is 18.8. The van der Waals surface area contributed by atoms with Gasteiger partial charge in [-0.15, -0.1) is 11.3 Å². The highest BCUT2D eigenvalue weighted by Gasteiger charge is 2.34. The Kier molecular flexibility index (Phi) is 6.14. The van der Waals surface area contributed by atoms with Crippen molar-refractivity contribution in [2.45, 2.75) is 46.1 Å². The third kappa shape index (κ3) is 4.69. The molecule has 0 N–H and O–H groups in total. The lowest BCUT2D eigenvalue weighted by Gasteiger charge is -2.37. The molecule has 1 aromatic carbocycles. The summed E-state index contributed by atoms with van der Waals surface area (Å²) in [7, 11) is 0. The van der Waals surface area contributed by atoms with Crippen LogP contribution in [-0.2, 0) is 16.0 Å². The van der Waals surface area contributed by atoms with Gasteiger partial charge in [0, 0.05) is 24.9 Å². The van der Waals surface area contributed by atoms with E-state index < -0.39 is 0 Å². The van der Waals surface area contributed by atoms with Gasteiger partial charge in [-0.2, -0.15) is 0 Å². The van der Waals surface area contributed by atoms with E-state index in [1.54, 1.807) is 23.2 Å². The van der Waals surface area contributed by atoms with Crippen molar-refractivity contribution >= 4 is 23.2 Å². The number of hydrogen-bond donors (Lipinski definition) is 0. The number of rotatable bonds is 7. The number of hydrogen-bond acceptors (Lipinski definition) is 4. The van der Waals surface area contributed by atoms with E-state index >= 15 is 0 Å². The summed E-state index contributed by atoms with van der Waals surface area (Å²) in [5.74, 6) is 1.41. The summed E-state index contributed by atoms with van der Waals surface area (Å²) in [6.07, 6.45) is 3.18. The van der Waals surface area contributed by atoms with Crippen LogP contribution in [0.15, 0.2) is 29.6 Å². The summed E-state index contributed by atoms with van der Waals surface area (Å²) in [6, 6.07) is 8.15.